The highest BCUT2D eigenvalue weighted by atomic mass is 32.2. The fourth-order valence-electron chi connectivity index (χ4n) is 7.36. The van der Waals surface area contributed by atoms with E-state index < -0.39 is 154 Å². The zero-order valence-corrected chi connectivity index (χ0v) is 33.3. The van der Waals surface area contributed by atoms with Crippen molar-refractivity contribution in [2.75, 3.05) is 12.0 Å². The second-order valence-electron chi connectivity index (χ2n) is 14.2. The Morgan fingerprint density at radius 2 is 0.642 bits per heavy atom. The zero-order chi connectivity index (χ0) is 49.9. The van der Waals surface area contributed by atoms with Crippen LogP contribution in [0.1, 0.15) is 10.4 Å². The van der Waals surface area contributed by atoms with Gasteiger partial charge in [-0.05, 0) is 29.0 Å². The van der Waals surface area contributed by atoms with Crippen LogP contribution in [0, 0.1) is 116 Å². The van der Waals surface area contributed by atoms with E-state index >= 15 is 35.1 Å². The molecule has 350 valence electrons. The number of hydrogen-bond acceptors (Lipinski definition) is 2. The van der Waals surface area contributed by atoms with Crippen LogP contribution in [0.15, 0.2) is 77.7 Å². The number of carbonyl (C=O) groups is 1. The molecule has 1 atom stereocenters. The first-order valence-corrected chi connectivity index (χ1v) is 20.2. The van der Waals surface area contributed by atoms with Crippen molar-refractivity contribution in [2.24, 2.45) is 0 Å². The first kappa shape index (κ1) is 49.7. The van der Waals surface area contributed by atoms with Gasteiger partial charge in [0.25, 0.3) is 0 Å². The molecule has 0 spiro atoms. The van der Waals surface area contributed by atoms with Crippen LogP contribution in [0.2, 0.25) is 0 Å². The molecule has 67 heavy (non-hydrogen) atoms. The Morgan fingerprint density at radius 1 is 0.373 bits per heavy atom. The van der Waals surface area contributed by atoms with Crippen LogP contribution in [0.4, 0.5) is 87.8 Å². The first-order chi connectivity index (χ1) is 31.3. The summed E-state index contributed by atoms with van der Waals surface area (Å²) in [5, 5.41) is 2.12. The van der Waals surface area contributed by atoms with E-state index in [2.05, 4.69) is 0 Å². The van der Waals surface area contributed by atoms with E-state index in [1.165, 1.54) is 0 Å². The minimum absolute atomic E-state index is 0.0371. The number of ketones is 1. The van der Waals surface area contributed by atoms with Gasteiger partial charge in [-0.3, -0.25) is 4.79 Å². The minimum Gasteiger partial charge on any atom is -0.289 e. The van der Waals surface area contributed by atoms with Crippen LogP contribution >= 0.6 is 0 Å². The summed E-state index contributed by atoms with van der Waals surface area (Å²) in [6, 6.07) is 22.7. The predicted octanol–water partition coefficient (Wildman–Crippen LogP) is 10.1. The molecule has 1 unspecified atom stereocenters. The van der Waals surface area contributed by atoms with Gasteiger partial charge in [-0.25, -0.2) is 87.8 Å². The van der Waals surface area contributed by atoms with Crippen molar-refractivity contribution in [1.29, 1.82) is 0 Å². The van der Waals surface area contributed by atoms with Gasteiger partial charge >= 0.3 is 0 Å². The molecule has 0 saturated heterocycles. The third kappa shape index (κ3) is 7.97. The molecule has 0 aromatic heterocycles. The Labute approximate surface area is 362 Å². The van der Waals surface area contributed by atoms with Crippen molar-refractivity contribution in [3.8, 4) is 0 Å². The third-order valence-corrected chi connectivity index (χ3v) is 12.5. The van der Waals surface area contributed by atoms with Crippen LogP contribution < -0.4 is 21.9 Å². The lowest BCUT2D eigenvalue weighted by molar-refractivity contribution is 0.102. The summed E-state index contributed by atoms with van der Waals surface area (Å²) in [6.45, 7) is 0. The standard InChI is InChI=1S/C24BF20.C19H17O2S/c26-5-1(6(27)14(35)21(42)13(5)34)25(2-7(28)15(36)22(43)16(37)8(2)29,3-9(30)17(38)23(44)18(39)10(3)31)4-11(32)19(40)24(45)20(41)12(4)33;1-22(21,18-9-3-2-4-10-18)14-19(20)17-12-11-15-7-5-6-8-16(15)13-17/h;2-13H,14H2,1H3/q-1;+1. The molecule has 0 aliphatic rings. The van der Waals surface area contributed by atoms with E-state index in [1.54, 1.807) is 6.26 Å². The van der Waals surface area contributed by atoms with Crippen LogP contribution in [0.5, 0.6) is 0 Å². The van der Waals surface area contributed by atoms with E-state index in [1.807, 2.05) is 72.8 Å². The fraction of sp³-hybridized carbons (Fsp3) is 0.0465. The lowest BCUT2D eigenvalue weighted by Gasteiger charge is -2.44. The first-order valence-electron chi connectivity index (χ1n) is 18.0. The zero-order valence-electron chi connectivity index (χ0n) is 32.5. The fourth-order valence-corrected chi connectivity index (χ4v) is 8.93. The second kappa shape index (κ2) is 18.2. The summed E-state index contributed by atoms with van der Waals surface area (Å²) in [6.07, 6.45) is -5.56. The van der Waals surface area contributed by atoms with E-state index in [9.17, 15) is 61.7 Å². The van der Waals surface area contributed by atoms with Gasteiger partial charge in [0.15, 0.2) is 80.5 Å². The molecule has 0 bridgehead atoms. The van der Waals surface area contributed by atoms with Crippen molar-refractivity contribution in [3.63, 3.8) is 0 Å². The summed E-state index contributed by atoms with van der Waals surface area (Å²) in [7, 11) is -2.36. The molecule has 0 heterocycles. The summed E-state index contributed by atoms with van der Waals surface area (Å²) >= 11 is 0. The minimum atomic E-state index is -7.22. The summed E-state index contributed by atoms with van der Waals surface area (Å²) in [5.41, 5.74) is -13.7. The van der Waals surface area contributed by atoms with Crippen molar-refractivity contribution >= 4 is 54.5 Å². The molecular formula is C43H17BF20O2S. The average molecular weight is 988 g/mol. The molecule has 0 aliphatic carbocycles. The third-order valence-electron chi connectivity index (χ3n) is 10.4. The maximum atomic E-state index is 15.4. The lowest BCUT2D eigenvalue weighted by atomic mass is 9.12. The van der Waals surface area contributed by atoms with Crippen molar-refractivity contribution in [1.82, 2.24) is 0 Å². The summed E-state index contributed by atoms with van der Waals surface area (Å²) in [5.74, 6) is -71.4. The van der Waals surface area contributed by atoms with Gasteiger partial charge in [-0.2, -0.15) is 0 Å². The topological polar surface area (TPSA) is 34.1 Å². The van der Waals surface area contributed by atoms with E-state index in [0.29, 0.717) is 5.56 Å². The maximum absolute atomic E-state index is 15.4. The highest BCUT2D eigenvalue weighted by molar-refractivity contribution is 8.03. The van der Waals surface area contributed by atoms with Crippen molar-refractivity contribution in [3.05, 3.63) is 195 Å². The number of fused-ring (bicyclic) bond motifs is 1. The average Bonchev–Trinajstić information content (AvgIpc) is 3.31. The Kier molecular flexibility index (Phi) is 13.5. The molecule has 0 saturated carbocycles. The van der Waals surface area contributed by atoms with Gasteiger partial charge in [-0.15, -0.1) is 21.9 Å². The van der Waals surface area contributed by atoms with Crippen molar-refractivity contribution in [2.45, 2.75) is 4.90 Å². The summed E-state index contributed by atoms with van der Waals surface area (Å²) < 4.78 is 307. The Morgan fingerprint density at radius 3 is 0.955 bits per heavy atom. The molecule has 2 nitrogen and oxygen atoms in total. The number of Topliss-reactive ketones (excluding diaryl/α,β-unsaturated/α-hetero) is 1. The van der Waals surface area contributed by atoms with Gasteiger partial charge in [0, 0.05) is 5.56 Å². The van der Waals surface area contributed by atoms with Gasteiger partial charge in [0.05, 0.1) is 0 Å². The van der Waals surface area contributed by atoms with Gasteiger partial charge in [-0.1, -0.05) is 58.8 Å². The quantitative estimate of drug-likeness (QED) is 0.0380. The molecule has 0 radical (unpaired) electrons. The van der Waals surface area contributed by atoms with Crippen LogP contribution in [-0.2, 0) is 14.1 Å². The summed E-state index contributed by atoms with van der Waals surface area (Å²) in [4.78, 5) is 13.2. The molecule has 24 heteroatoms. The Bertz CT molecular complexity index is 2860. The van der Waals surface area contributed by atoms with Crippen LogP contribution in [0.25, 0.3) is 10.8 Å². The largest absolute Gasteiger partial charge is 0.289 e. The second-order valence-corrected chi connectivity index (χ2v) is 17.0. The molecule has 0 fully saturated rings. The van der Waals surface area contributed by atoms with Gasteiger partial charge in [0.1, 0.15) is 68.9 Å². The molecule has 0 amide bonds. The SMILES string of the molecule is C[S+](=O)(CC(=O)c1ccc2ccccc2c1)c1ccccc1.Fc1c(F)c(F)c([B-](c2c(F)c(F)c(F)c(F)c2F)(c2c(F)c(F)c(F)c(F)c2F)c2c(F)c(F)c(F)c(F)c2F)c(F)c1F. The molecule has 7 aromatic rings. The number of halogens is 20. The molecular weight excluding hydrogens is 971 g/mol. The van der Waals surface area contributed by atoms with Crippen LogP contribution in [0.3, 0.4) is 0 Å². The maximum Gasteiger partial charge on any atom is 0.212 e. The molecule has 7 aromatic carbocycles. The van der Waals surface area contributed by atoms with Crippen LogP contribution in [-0.4, -0.2) is 23.9 Å². The monoisotopic (exact) mass is 988 g/mol. The number of rotatable bonds is 8. The van der Waals surface area contributed by atoms with Gasteiger partial charge in [0.2, 0.25) is 5.78 Å². The Hall–Kier alpha value is -6.72. The molecule has 0 N–H and O–H groups in total. The number of benzene rings is 7. The van der Waals surface area contributed by atoms with E-state index in [0.717, 1.165) is 15.7 Å². The normalized spacial score (nSPS) is 12.6. The number of carbonyl (C=O) groups excluding carboxylic acids is 1. The van der Waals surface area contributed by atoms with Crippen molar-refractivity contribution < 1.29 is 96.8 Å². The smallest absolute Gasteiger partial charge is 0.212 e. The Balaban J connectivity index is 0.000000279. The van der Waals surface area contributed by atoms with E-state index in [-0.39, 0.29) is 11.5 Å². The van der Waals surface area contributed by atoms with E-state index in [4.69, 9.17) is 0 Å². The van der Waals surface area contributed by atoms with Gasteiger partial charge < -0.3 is 0 Å². The predicted molar refractivity (Wildman–Crippen MR) is 201 cm³/mol. The lowest BCUT2D eigenvalue weighted by Crippen LogP contribution is -2.81. The highest BCUT2D eigenvalue weighted by Gasteiger charge is 2.52. The highest BCUT2D eigenvalue weighted by Crippen LogP contribution is 2.31. The molecule has 0 aliphatic heterocycles. The molecule has 7 rings (SSSR count). The number of hydrogen-bond donors (Lipinski definition) is 0.